The van der Waals surface area contributed by atoms with E-state index in [1.165, 1.54) is 38.5 Å². The first kappa shape index (κ1) is 41.6. The maximum atomic E-state index is 12.1. The highest BCUT2D eigenvalue weighted by atomic mass is 16.6. The van der Waals surface area contributed by atoms with Crippen LogP contribution >= 0.6 is 0 Å². The standard InChI is InChI=1S/C39H66O5/c1-3-5-7-9-11-13-15-17-19-21-23-25-27-29-31-33-38(41)43-36-37(35-40)44-39(42)34-32-30-28-26-24-22-20-18-16-14-12-10-8-6-4-2/h5,7,11-14,17-20,37,40H,3-4,6,8-10,15-16,21-36H2,1-2H3/t37-/m0/s1. The lowest BCUT2D eigenvalue weighted by atomic mass is 10.1. The first-order chi connectivity index (χ1) is 21.6. The highest BCUT2D eigenvalue weighted by Crippen LogP contribution is 2.11. The van der Waals surface area contributed by atoms with Gasteiger partial charge >= 0.3 is 11.9 Å². The molecule has 0 saturated carbocycles. The Morgan fingerprint density at radius 2 is 0.977 bits per heavy atom. The van der Waals surface area contributed by atoms with Gasteiger partial charge in [0, 0.05) is 12.8 Å². The van der Waals surface area contributed by atoms with Gasteiger partial charge in [-0.15, -0.1) is 0 Å². The first-order valence-electron chi connectivity index (χ1n) is 17.8. The Balaban J connectivity index is 3.65. The quantitative estimate of drug-likeness (QED) is 0.0478. The van der Waals surface area contributed by atoms with Gasteiger partial charge in [-0.3, -0.25) is 9.59 Å². The van der Waals surface area contributed by atoms with Crippen LogP contribution in [0.15, 0.2) is 60.8 Å². The summed E-state index contributed by atoms with van der Waals surface area (Å²) < 4.78 is 10.6. The molecule has 0 aromatic heterocycles. The summed E-state index contributed by atoms with van der Waals surface area (Å²) in [5, 5.41) is 9.52. The van der Waals surface area contributed by atoms with E-state index >= 15 is 0 Å². The summed E-state index contributed by atoms with van der Waals surface area (Å²) in [6.07, 6.45) is 44.1. The number of esters is 2. The average molecular weight is 615 g/mol. The van der Waals surface area contributed by atoms with Crippen LogP contribution in [0.5, 0.6) is 0 Å². The molecule has 0 heterocycles. The minimum absolute atomic E-state index is 0.0831. The molecule has 0 aromatic rings. The number of carbonyl (C=O) groups excluding carboxylic acids is 2. The lowest BCUT2D eigenvalue weighted by Gasteiger charge is -2.15. The van der Waals surface area contributed by atoms with E-state index in [2.05, 4.69) is 74.6 Å². The number of allylic oxidation sites excluding steroid dienone is 10. The molecule has 0 aliphatic rings. The lowest BCUT2D eigenvalue weighted by molar-refractivity contribution is -0.161. The topological polar surface area (TPSA) is 72.8 Å². The molecule has 0 radical (unpaired) electrons. The smallest absolute Gasteiger partial charge is 0.306 e. The predicted octanol–water partition coefficient (Wildman–Crippen LogP) is 10.8. The summed E-state index contributed by atoms with van der Waals surface area (Å²) in [6, 6.07) is 0. The second-order valence-electron chi connectivity index (χ2n) is 11.6. The Morgan fingerprint density at radius 3 is 1.48 bits per heavy atom. The molecule has 252 valence electrons. The maximum absolute atomic E-state index is 12.1. The van der Waals surface area contributed by atoms with Gasteiger partial charge in [-0.1, -0.05) is 126 Å². The van der Waals surface area contributed by atoms with Gasteiger partial charge in [0.2, 0.25) is 0 Å². The monoisotopic (exact) mass is 614 g/mol. The Morgan fingerprint density at radius 1 is 0.545 bits per heavy atom. The summed E-state index contributed by atoms with van der Waals surface area (Å²) in [4.78, 5) is 24.2. The number of carbonyl (C=O) groups is 2. The molecule has 0 amide bonds. The Labute approximate surface area is 271 Å². The second-order valence-corrected chi connectivity index (χ2v) is 11.6. The van der Waals surface area contributed by atoms with E-state index in [-0.39, 0.29) is 25.2 Å². The molecule has 0 fully saturated rings. The van der Waals surface area contributed by atoms with E-state index in [1.807, 2.05) is 0 Å². The molecular weight excluding hydrogens is 548 g/mol. The van der Waals surface area contributed by atoms with Gasteiger partial charge in [0.15, 0.2) is 6.10 Å². The first-order valence-corrected chi connectivity index (χ1v) is 17.8. The van der Waals surface area contributed by atoms with Crippen LogP contribution in [0.25, 0.3) is 0 Å². The third kappa shape index (κ3) is 32.5. The third-order valence-electron chi connectivity index (χ3n) is 7.30. The molecule has 0 unspecified atom stereocenters. The minimum atomic E-state index is -0.786. The summed E-state index contributed by atoms with van der Waals surface area (Å²) in [7, 11) is 0. The Bertz CT molecular complexity index is 792. The molecule has 0 bridgehead atoms. The number of aliphatic hydroxyl groups is 1. The van der Waals surface area contributed by atoms with Crippen LogP contribution in [-0.4, -0.2) is 36.4 Å². The molecule has 0 rings (SSSR count). The van der Waals surface area contributed by atoms with Crippen LogP contribution in [-0.2, 0) is 19.1 Å². The number of rotatable bonds is 31. The van der Waals surface area contributed by atoms with Crippen LogP contribution in [0, 0.1) is 0 Å². The van der Waals surface area contributed by atoms with Crippen LogP contribution in [0.2, 0.25) is 0 Å². The van der Waals surface area contributed by atoms with Crippen molar-refractivity contribution in [2.24, 2.45) is 0 Å². The van der Waals surface area contributed by atoms with Crippen LogP contribution in [0.3, 0.4) is 0 Å². The highest BCUT2D eigenvalue weighted by Gasteiger charge is 2.16. The molecular formula is C39H66O5. The number of hydrogen-bond acceptors (Lipinski definition) is 5. The van der Waals surface area contributed by atoms with E-state index in [0.29, 0.717) is 12.8 Å². The van der Waals surface area contributed by atoms with Crippen LogP contribution < -0.4 is 0 Å². The summed E-state index contributed by atoms with van der Waals surface area (Å²) in [5.41, 5.74) is 0. The van der Waals surface area contributed by atoms with Gasteiger partial charge in [-0.05, 0) is 77.0 Å². The third-order valence-corrected chi connectivity index (χ3v) is 7.30. The van der Waals surface area contributed by atoms with Gasteiger partial charge in [0.25, 0.3) is 0 Å². The Kier molecular flexibility index (Phi) is 33.2. The molecule has 0 aliphatic carbocycles. The SMILES string of the molecule is CCC=CCC=CCC=CCCCCCCCC(=O)OC[C@H](CO)OC(=O)CCCCCCCC=CCC=CCCCCC. The van der Waals surface area contributed by atoms with Crippen molar-refractivity contribution < 1.29 is 24.2 Å². The second kappa shape index (κ2) is 35.1. The normalized spacial score (nSPS) is 12.9. The minimum Gasteiger partial charge on any atom is -0.462 e. The molecule has 44 heavy (non-hydrogen) atoms. The van der Waals surface area contributed by atoms with Gasteiger partial charge < -0.3 is 14.6 Å². The highest BCUT2D eigenvalue weighted by molar-refractivity contribution is 5.70. The zero-order valence-electron chi connectivity index (χ0n) is 28.4. The van der Waals surface area contributed by atoms with Crippen molar-refractivity contribution in [2.75, 3.05) is 13.2 Å². The van der Waals surface area contributed by atoms with Gasteiger partial charge in [0.05, 0.1) is 6.61 Å². The van der Waals surface area contributed by atoms with Crippen molar-refractivity contribution in [1.29, 1.82) is 0 Å². The van der Waals surface area contributed by atoms with Crippen molar-refractivity contribution in [3.8, 4) is 0 Å². The van der Waals surface area contributed by atoms with Gasteiger partial charge in [0.1, 0.15) is 6.61 Å². The molecule has 0 spiro atoms. The molecule has 5 nitrogen and oxygen atoms in total. The van der Waals surface area contributed by atoms with E-state index in [4.69, 9.17) is 9.47 Å². The molecule has 1 atom stereocenters. The van der Waals surface area contributed by atoms with E-state index < -0.39 is 6.10 Å². The average Bonchev–Trinajstić information content (AvgIpc) is 3.02. The van der Waals surface area contributed by atoms with Crippen molar-refractivity contribution in [3.05, 3.63) is 60.8 Å². The van der Waals surface area contributed by atoms with Gasteiger partial charge in [-0.2, -0.15) is 0 Å². The number of aliphatic hydroxyl groups excluding tert-OH is 1. The zero-order valence-corrected chi connectivity index (χ0v) is 28.4. The van der Waals surface area contributed by atoms with Crippen molar-refractivity contribution in [1.82, 2.24) is 0 Å². The summed E-state index contributed by atoms with van der Waals surface area (Å²) in [5.74, 6) is -0.633. The van der Waals surface area contributed by atoms with E-state index in [1.54, 1.807) is 0 Å². The molecule has 0 saturated heterocycles. The van der Waals surface area contributed by atoms with E-state index in [9.17, 15) is 14.7 Å². The molecule has 0 aromatic carbocycles. The zero-order chi connectivity index (χ0) is 32.2. The number of unbranched alkanes of at least 4 members (excludes halogenated alkanes) is 13. The predicted molar refractivity (Wildman–Crippen MR) is 187 cm³/mol. The molecule has 0 aliphatic heterocycles. The summed E-state index contributed by atoms with van der Waals surface area (Å²) >= 11 is 0. The van der Waals surface area contributed by atoms with Crippen molar-refractivity contribution in [3.63, 3.8) is 0 Å². The Hall–Kier alpha value is -2.40. The molecule has 1 N–H and O–H groups in total. The maximum Gasteiger partial charge on any atom is 0.306 e. The van der Waals surface area contributed by atoms with E-state index in [0.717, 1.165) is 89.9 Å². The molecule has 5 heteroatoms. The van der Waals surface area contributed by atoms with Crippen molar-refractivity contribution >= 4 is 11.9 Å². The van der Waals surface area contributed by atoms with Crippen LogP contribution in [0.1, 0.15) is 155 Å². The lowest BCUT2D eigenvalue weighted by Crippen LogP contribution is -2.28. The largest absolute Gasteiger partial charge is 0.462 e. The summed E-state index contributed by atoms with van der Waals surface area (Å²) in [6.45, 7) is 3.95. The van der Waals surface area contributed by atoms with Crippen molar-refractivity contribution in [2.45, 2.75) is 161 Å². The van der Waals surface area contributed by atoms with Crippen LogP contribution in [0.4, 0.5) is 0 Å². The fourth-order valence-electron chi connectivity index (χ4n) is 4.60. The number of ether oxygens (including phenoxy) is 2. The number of hydrogen-bond donors (Lipinski definition) is 1. The fourth-order valence-corrected chi connectivity index (χ4v) is 4.60. The fraction of sp³-hybridized carbons (Fsp3) is 0.692. The van der Waals surface area contributed by atoms with Gasteiger partial charge in [-0.25, -0.2) is 0 Å².